The number of hydrogen-bond donors (Lipinski definition) is 0. The summed E-state index contributed by atoms with van der Waals surface area (Å²) >= 11 is 0. The molecule has 0 N–H and O–H groups in total. The van der Waals surface area contributed by atoms with Crippen LogP contribution < -0.4 is 0 Å². The molecular formula is C14H20F3NO4S. The van der Waals surface area contributed by atoms with Gasteiger partial charge in [-0.1, -0.05) is 0 Å². The Bertz CT molecular complexity index is 600. The third-order valence-corrected chi connectivity index (χ3v) is 4.91. The van der Waals surface area contributed by atoms with Crippen LogP contribution in [0.2, 0.25) is 0 Å². The lowest BCUT2D eigenvalue weighted by atomic mass is 10.3. The minimum atomic E-state index is -4.34. The molecule has 0 aliphatic rings. The lowest BCUT2D eigenvalue weighted by molar-refractivity contribution is 0.110. The van der Waals surface area contributed by atoms with Gasteiger partial charge < -0.3 is 9.47 Å². The molecule has 0 amide bonds. The molecule has 0 bridgehead atoms. The first-order valence-electron chi connectivity index (χ1n) is 7.15. The van der Waals surface area contributed by atoms with Crippen molar-refractivity contribution in [3.8, 4) is 0 Å². The van der Waals surface area contributed by atoms with Crippen molar-refractivity contribution < 1.29 is 31.1 Å². The molecule has 0 atom stereocenters. The van der Waals surface area contributed by atoms with Crippen LogP contribution >= 0.6 is 0 Å². The van der Waals surface area contributed by atoms with Crippen LogP contribution in [0.15, 0.2) is 17.0 Å². The second-order valence-electron chi connectivity index (χ2n) is 4.47. The molecule has 0 unspecified atom stereocenters. The summed E-state index contributed by atoms with van der Waals surface area (Å²) in [6.45, 7) is 4.34. The number of halogens is 3. The van der Waals surface area contributed by atoms with Crippen molar-refractivity contribution in [3.05, 3.63) is 29.6 Å². The Kier molecular flexibility index (Phi) is 7.97. The summed E-state index contributed by atoms with van der Waals surface area (Å²) in [5.41, 5.74) is 0. The standard InChI is InChI=1S/C14H20F3NO4S/c1-3-21-9-7-18(8-10-22-4-2)23(19,20)12-6-5-11(15)13(16)14(12)17/h5-6H,3-4,7-10H2,1-2H3. The highest BCUT2D eigenvalue weighted by molar-refractivity contribution is 7.89. The van der Waals surface area contributed by atoms with E-state index in [0.29, 0.717) is 25.3 Å². The zero-order valence-electron chi connectivity index (χ0n) is 13.0. The van der Waals surface area contributed by atoms with Gasteiger partial charge in [-0.25, -0.2) is 21.6 Å². The Morgan fingerprint density at radius 3 is 1.96 bits per heavy atom. The van der Waals surface area contributed by atoms with Crippen molar-refractivity contribution in [2.75, 3.05) is 39.5 Å². The maximum atomic E-state index is 13.8. The SMILES string of the molecule is CCOCCN(CCOCC)S(=O)(=O)c1ccc(F)c(F)c1F. The summed E-state index contributed by atoms with van der Waals surface area (Å²) in [6.07, 6.45) is 0. The van der Waals surface area contributed by atoms with E-state index in [1.807, 2.05) is 0 Å². The second kappa shape index (κ2) is 9.21. The summed E-state index contributed by atoms with van der Waals surface area (Å²) in [7, 11) is -4.34. The normalized spacial score (nSPS) is 12.1. The minimum Gasteiger partial charge on any atom is -0.380 e. The average Bonchev–Trinajstić information content (AvgIpc) is 2.51. The molecule has 0 aliphatic heterocycles. The first-order valence-corrected chi connectivity index (χ1v) is 8.59. The summed E-state index contributed by atoms with van der Waals surface area (Å²) in [4.78, 5) is -0.913. The van der Waals surface area contributed by atoms with Gasteiger partial charge in [0.25, 0.3) is 0 Å². The van der Waals surface area contributed by atoms with Crippen LogP contribution in [0.1, 0.15) is 13.8 Å². The molecule has 23 heavy (non-hydrogen) atoms. The number of benzene rings is 1. The molecule has 0 radical (unpaired) electrons. The van der Waals surface area contributed by atoms with E-state index in [9.17, 15) is 21.6 Å². The highest BCUT2D eigenvalue weighted by Crippen LogP contribution is 2.23. The third-order valence-electron chi connectivity index (χ3n) is 3.00. The number of rotatable bonds is 10. The van der Waals surface area contributed by atoms with Crippen LogP contribution in [-0.2, 0) is 19.5 Å². The van der Waals surface area contributed by atoms with E-state index in [2.05, 4.69) is 0 Å². The Labute approximate surface area is 134 Å². The fourth-order valence-corrected chi connectivity index (χ4v) is 3.28. The Morgan fingerprint density at radius 1 is 0.957 bits per heavy atom. The van der Waals surface area contributed by atoms with Crippen molar-refractivity contribution in [1.29, 1.82) is 0 Å². The van der Waals surface area contributed by atoms with Gasteiger partial charge in [0.05, 0.1) is 13.2 Å². The number of hydrogen-bond acceptors (Lipinski definition) is 4. The van der Waals surface area contributed by atoms with E-state index < -0.39 is 32.4 Å². The fourth-order valence-electron chi connectivity index (χ4n) is 1.82. The lowest BCUT2D eigenvalue weighted by Crippen LogP contribution is -2.37. The van der Waals surface area contributed by atoms with E-state index in [0.717, 1.165) is 4.31 Å². The first kappa shape index (κ1) is 19.9. The second-order valence-corrected chi connectivity index (χ2v) is 6.38. The molecule has 1 aromatic carbocycles. The molecule has 1 rings (SSSR count). The van der Waals surface area contributed by atoms with Crippen LogP contribution in [0.3, 0.4) is 0 Å². The largest absolute Gasteiger partial charge is 0.380 e. The smallest absolute Gasteiger partial charge is 0.246 e. The predicted octanol–water partition coefficient (Wildman–Crippen LogP) is 2.17. The van der Waals surface area contributed by atoms with Crippen molar-refractivity contribution in [2.45, 2.75) is 18.7 Å². The minimum absolute atomic E-state index is 0.0539. The van der Waals surface area contributed by atoms with Crippen LogP contribution in [0.5, 0.6) is 0 Å². The van der Waals surface area contributed by atoms with E-state index in [4.69, 9.17) is 9.47 Å². The summed E-state index contributed by atoms with van der Waals surface area (Å²) in [5.74, 6) is -5.00. The van der Waals surface area contributed by atoms with Gasteiger partial charge in [-0.15, -0.1) is 0 Å². The van der Waals surface area contributed by atoms with Crippen molar-refractivity contribution in [1.82, 2.24) is 4.31 Å². The first-order chi connectivity index (χ1) is 10.9. The van der Waals surface area contributed by atoms with Gasteiger partial charge >= 0.3 is 0 Å². The van der Waals surface area contributed by atoms with Gasteiger partial charge in [-0.2, -0.15) is 4.31 Å². The molecule has 0 saturated carbocycles. The zero-order valence-corrected chi connectivity index (χ0v) is 13.8. The fraction of sp³-hybridized carbons (Fsp3) is 0.571. The number of sulfonamides is 1. The maximum Gasteiger partial charge on any atom is 0.246 e. The predicted molar refractivity (Wildman–Crippen MR) is 78.1 cm³/mol. The van der Waals surface area contributed by atoms with E-state index in [-0.39, 0.29) is 26.3 Å². The highest BCUT2D eigenvalue weighted by atomic mass is 32.2. The molecule has 0 heterocycles. The van der Waals surface area contributed by atoms with Gasteiger partial charge in [0.2, 0.25) is 10.0 Å². The Hall–Kier alpha value is -1.16. The lowest BCUT2D eigenvalue weighted by Gasteiger charge is -2.22. The summed E-state index contributed by atoms with van der Waals surface area (Å²) in [5, 5.41) is 0. The molecule has 0 aromatic heterocycles. The molecular weight excluding hydrogens is 335 g/mol. The summed E-state index contributed by atoms with van der Waals surface area (Å²) in [6, 6.07) is 1.28. The highest BCUT2D eigenvalue weighted by Gasteiger charge is 2.29. The van der Waals surface area contributed by atoms with E-state index in [1.54, 1.807) is 13.8 Å². The van der Waals surface area contributed by atoms with Crippen LogP contribution in [0, 0.1) is 17.5 Å². The van der Waals surface area contributed by atoms with Crippen molar-refractivity contribution in [2.24, 2.45) is 0 Å². The van der Waals surface area contributed by atoms with Gasteiger partial charge in [0.15, 0.2) is 17.5 Å². The van der Waals surface area contributed by atoms with Gasteiger partial charge in [0, 0.05) is 26.3 Å². The van der Waals surface area contributed by atoms with Crippen molar-refractivity contribution >= 4 is 10.0 Å². The van der Waals surface area contributed by atoms with Gasteiger partial charge in [0.1, 0.15) is 4.90 Å². The molecule has 132 valence electrons. The molecule has 0 spiro atoms. The van der Waals surface area contributed by atoms with E-state index in [1.165, 1.54) is 0 Å². The van der Waals surface area contributed by atoms with Crippen molar-refractivity contribution in [3.63, 3.8) is 0 Å². The topological polar surface area (TPSA) is 55.8 Å². The molecule has 0 saturated heterocycles. The number of nitrogens with zero attached hydrogens (tertiary/aromatic N) is 1. The zero-order chi connectivity index (χ0) is 17.5. The summed E-state index contributed by atoms with van der Waals surface area (Å²) < 4.78 is 76.2. The molecule has 9 heteroatoms. The molecule has 1 aromatic rings. The van der Waals surface area contributed by atoms with Crippen LogP contribution in [0.25, 0.3) is 0 Å². The Morgan fingerprint density at radius 2 is 1.48 bits per heavy atom. The Balaban J connectivity index is 3.08. The molecule has 0 aliphatic carbocycles. The maximum absolute atomic E-state index is 13.8. The third kappa shape index (κ3) is 5.17. The van der Waals surface area contributed by atoms with Gasteiger partial charge in [-0.3, -0.25) is 0 Å². The van der Waals surface area contributed by atoms with Gasteiger partial charge in [-0.05, 0) is 26.0 Å². The monoisotopic (exact) mass is 355 g/mol. The number of ether oxygens (including phenoxy) is 2. The quantitative estimate of drug-likeness (QED) is 0.477. The van der Waals surface area contributed by atoms with Crippen LogP contribution in [-0.4, -0.2) is 52.2 Å². The van der Waals surface area contributed by atoms with E-state index >= 15 is 0 Å². The molecule has 5 nitrogen and oxygen atoms in total. The average molecular weight is 355 g/mol. The molecule has 0 fully saturated rings. The van der Waals surface area contributed by atoms with Crippen LogP contribution in [0.4, 0.5) is 13.2 Å².